The molecule has 12 heavy (non-hydrogen) atoms. The van der Waals surface area contributed by atoms with Gasteiger partial charge in [0.2, 0.25) is 0 Å². The Labute approximate surface area is 79.6 Å². The lowest BCUT2D eigenvalue weighted by atomic mass is 9.92. The summed E-state index contributed by atoms with van der Waals surface area (Å²) >= 11 is 5.94. The lowest BCUT2D eigenvalue weighted by molar-refractivity contribution is 0.600. The first kappa shape index (κ1) is 9.60. The summed E-state index contributed by atoms with van der Waals surface area (Å²) in [5, 5.41) is 0.835. The van der Waals surface area contributed by atoms with Crippen LogP contribution in [0.4, 0.5) is 0 Å². The molecule has 0 aromatic heterocycles. The van der Waals surface area contributed by atoms with Gasteiger partial charge in [0, 0.05) is 5.03 Å². The summed E-state index contributed by atoms with van der Waals surface area (Å²) in [6.07, 6.45) is 10.6. The molecule has 0 saturated heterocycles. The zero-order valence-electron chi connectivity index (χ0n) is 7.68. The molecule has 1 aliphatic carbocycles. The second-order valence-corrected chi connectivity index (χ2v) is 3.65. The Morgan fingerprint density at radius 2 is 2.33 bits per heavy atom. The van der Waals surface area contributed by atoms with Crippen molar-refractivity contribution < 1.29 is 0 Å². The molecule has 1 unspecified atom stereocenters. The number of rotatable bonds is 1. The molecule has 0 nitrogen and oxygen atoms in total. The Morgan fingerprint density at radius 3 is 3.00 bits per heavy atom. The Kier molecular flexibility index (Phi) is 3.61. The van der Waals surface area contributed by atoms with Crippen LogP contribution in [-0.2, 0) is 0 Å². The second kappa shape index (κ2) is 4.51. The predicted molar refractivity (Wildman–Crippen MR) is 55.2 cm³/mol. The van der Waals surface area contributed by atoms with E-state index in [1.54, 1.807) is 0 Å². The molecule has 66 valence electrons. The van der Waals surface area contributed by atoms with Gasteiger partial charge in [0.25, 0.3) is 0 Å². The van der Waals surface area contributed by atoms with E-state index in [1.165, 1.54) is 12.0 Å². The third kappa shape index (κ3) is 2.53. The molecular formula is C11H15Cl. The summed E-state index contributed by atoms with van der Waals surface area (Å²) in [5.74, 6) is 0.670. The SMILES string of the molecule is CCC1CC=C/C=C(Cl)\C=C\1C. The maximum Gasteiger partial charge on any atom is 0.0405 e. The van der Waals surface area contributed by atoms with Crippen molar-refractivity contribution in [2.75, 3.05) is 0 Å². The van der Waals surface area contributed by atoms with Gasteiger partial charge in [-0.2, -0.15) is 0 Å². The number of halogens is 1. The Bertz CT molecular complexity index is 233. The Balaban J connectivity index is 2.84. The molecule has 1 aliphatic rings. The van der Waals surface area contributed by atoms with E-state index in [0.29, 0.717) is 5.92 Å². The van der Waals surface area contributed by atoms with Crippen LogP contribution in [0.15, 0.2) is 34.9 Å². The van der Waals surface area contributed by atoms with Crippen LogP contribution < -0.4 is 0 Å². The molecule has 0 aliphatic heterocycles. The van der Waals surface area contributed by atoms with Gasteiger partial charge in [-0.1, -0.05) is 36.2 Å². The van der Waals surface area contributed by atoms with E-state index in [0.717, 1.165) is 11.5 Å². The van der Waals surface area contributed by atoms with Gasteiger partial charge in [-0.3, -0.25) is 0 Å². The molecule has 0 heterocycles. The molecule has 0 aromatic carbocycles. The van der Waals surface area contributed by atoms with Crippen LogP contribution in [0.25, 0.3) is 0 Å². The summed E-state index contributed by atoms with van der Waals surface area (Å²) in [5.41, 5.74) is 1.39. The quantitative estimate of drug-likeness (QED) is 0.574. The zero-order valence-corrected chi connectivity index (χ0v) is 8.43. The zero-order chi connectivity index (χ0) is 8.97. The van der Waals surface area contributed by atoms with Crippen molar-refractivity contribution in [3.05, 3.63) is 34.9 Å². The highest BCUT2D eigenvalue weighted by molar-refractivity contribution is 6.31. The number of allylic oxidation sites excluding steroid dienone is 6. The van der Waals surface area contributed by atoms with Gasteiger partial charge in [-0.15, -0.1) is 0 Å². The van der Waals surface area contributed by atoms with Crippen LogP contribution in [0, 0.1) is 5.92 Å². The topological polar surface area (TPSA) is 0 Å². The molecule has 0 amide bonds. The molecule has 0 bridgehead atoms. The average molecular weight is 183 g/mol. The van der Waals surface area contributed by atoms with Crippen molar-refractivity contribution in [3.63, 3.8) is 0 Å². The molecule has 0 N–H and O–H groups in total. The van der Waals surface area contributed by atoms with Crippen LogP contribution >= 0.6 is 11.6 Å². The fourth-order valence-electron chi connectivity index (χ4n) is 1.46. The summed E-state index contributed by atoms with van der Waals surface area (Å²) in [6.45, 7) is 4.37. The van der Waals surface area contributed by atoms with Gasteiger partial charge in [-0.25, -0.2) is 0 Å². The standard InChI is InChI=1S/C11H15Cl/c1-3-10-6-4-5-7-11(12)8-9(10)2/h4-5,7-8,10H,3,6H2,1-2H3/b5-4?,9-8+,11-7+. The second-order valence-electron chi connectivity index (χ2n) is 3.21. The van der Waals surface area contributed by atoms with Gasteiger partial charge in [0.05, 0.1) is 0 Å². The molecule has 1 heteroatoms. The third-order valence-electron chi connectivity index (χ3n) is 2.31. The van der Waals surface area contributed by atoms with E-state index in [1.807, 2.05) is 12.2 Å². The molecule has 0 saturated carbocycles. The first-order valence-electron chi connectivity index (χ1n) is 4.44. The summed E-state index contributed by atoms with van der Waals surface area (Å²) in [7, 11) is 0. The van der Waals surface area contributed by atoms with Gasteiger partial charge >= 0.3 is 0 Å². The minimum atomic E-state index is 0.670. The van der Waals surface area contributed by atoms with Crippen LogP contribution in [0.5, 0.6) is 0 Å². The number of hydrogen-bond donors (Lipinski definition) is 0. The fraction of sp³-hybridized carbons (Fsp3) is 0.455. The van der Waals surface area contributed by atoms with Gasteiger partial charge in [0.1, 0.15) is 0 Å². The highest BCUT2D eigenvalue weighted by Crippen LogP contribution is 2.23. The first-order chi connectivity index (χ1) is 5.74. The monoisotopic (exact) mass is 182 g/mol. The molecule has 0 aromatic rings. The van der Waals surface area contributed by atoms with Crippen molar-refractivity contribution in [2.24, 2.45) is 5.92 Å². The molecule has 1 atom stereocenters. The summed E-state index contributed by atoms with van der Waals surface area (Å²) in [6, 6.07) is 0. The minimum absolute atomic E-state index is 0.670. The summed E-state index contributed by atoms with van der Waals surface area (Å²) in [4.78, 5) is 0. The molecular weight excluding hydrogens is 168 g/mol. The highest BCUT2D eigenvalue weighted by Gasteiger charge is 2.07. The van der Waals surface area contributed by atoms with Crippen molar-refractivity contribution in [1.29, 1.82) is 0 Å². The van der Waals surface area contributed by atoms with Crippen LogP contribution in [0.1, 0.15) is 26.7 Å². The van der Waals surface area contributed by atoms with Crippen molar-refractivity contribution >= 4 is 11.6 Å². The van der Waals surface area contributed by atoms with E-state index in [-0.39, 0.29) is 0 Å². The Morgan fingerprint density at radius 1 is 1.58 bits per heavy atom. The lowest BCUT2D eigenvalue weighted by Gasteiger charge is -2.14. The fourth-order valence-corrected chi connectivity index (χ4v) is 1.71. The van der Waals surface area contributed by atoms with Gasteiger partial charge < -0.3 is 0 Å². The van der Waals surface area contributed by atoms with Gasteiger partial charge in [-0.05, 0) is 37.8 Å². The Hall–Kier alpha value is -0.490. The largest absolute Gasteiger partial charge is 0.0843 e. The highest BCUT2D eigenvalue weighted by atomic mass is 35.5. The van der Waals surface area contributed by atoms with Crippen LogP contribution in [0.3, 0.4) is 0 Å². The van der Waals surface area contributed by atoms with Gasteiger partial charge in [0.15, 0.2) is 0 Å². The van der Waals surface area contributed by atoms with E-state index in [4.69, 9.17) is 11.6 Å². The normalized spacial score (nSPS) is 32.8. The van der Waals surface area contributed by atoms with Crippen LogP contribution in [-0.4, -0.2) is 0 Å². The predicted octanol–water partition coefficient (Wildman–Crippen LogP) is 4.04. The maximum absolute atomic E-state index is 5.94. The average Bonchev–Trinajstić information content (AvgIpc) is 2.01. The summed E-state index contributed by atoms with van der Waals surface area (Å²) < 4.78 is 0. The minimum Gasteiger partial charge on any atom is -0.0843 e. The first-order valence-corrected chi connectivity index (χ1v) is 4.82. The van der Waals surface area contributed by atoms with E-state index in [2.05, 4.69) is 26.0 Å². The smallest absolute Gasteiger partial charge is 0.0405 e. The van der Waals surface area contributed by atoms with E-state index >= 15 is 0 Å². The lowest BCUT2D eigenvalue weighted by Crippen LogP contribution is -1.99. The van der Waals surface area contributed by atoms with E-state index in [9.17, 15) is 0 Å². The molecule has 0 fully saturated rings. The molecule has 0 radical (unpaired) electrons. The van der Waals surface area contributed by atoms with Crippen molar-refractivity contribution in [3.8, 4) is 0 Å². The van der Waals surface area contributed by atoms with Crippen molar-refractivity contribution in [1.82, 2.24) is 0 Å². The molecule has 1 rings (SSSR count). The van der Waals surface area contributed by atoms with E-state index < -0.39 is 0 Å². The molecule has 0 spiro atoms. The maximum atomic E-state index is 5.94. The third-order valence-corrected chi connectivity index (χ3v) is 2.55. The van der Waals surface area contributed by atoms with Crippen molar-refractivity contribution in [2.45, 2.75) is 26.7 Å². The number of hydrogen-bond acceptors (Lipinski definition) is 0. The van der Waals surface area contributed by atoms with Crippen LogP contribution in [0.2, 0.25) is 0 Å².